The van der Waals surface area contributed by atoms with E-state index in [1.165, 1.54) is 13.0 Å². The van der Waals surface area contributed by atoms with Crippen molar-refractivity contribution < 1.29 is 14.7 Å². The predicted octanol–water partition coefficient (Wildman–Crippen LogP) is 3.70. The Balaban J connectivity index is 2.09. The summed E-state index contributed by atoms with van der Waals surface area (Å²) in [5, 5.41) is 15.4. The summed E-state index contributed by atoms with van der Waals surface area (Å²) in [7, 11) is 0. The van der Waals surface area contributed by atoms with E-state index in [0.29, 0.717) is 16.4 Å². The molecule has 0 fully saturated rings. The summed E-state index contributed by atoms with van der Waals surface area (Å²) < 4.78 is 0. The van der Waals surface area contributed by atoms with E-state index in [-0.39, 0.29) is 11.3 Å². The molecule has 0 aromatic heterocycles. The highest BCUT2D eigenvalue weighted by molar-refractivity contribution is 7.80. The van der Waals surface area contributed by atoms with E-state index in [9.17, 15) is 9.59 Å². The lowest BCUT2D eigenvalue weighted by atomic mass is 10.1. The summed E-state index contributed by atoms with van der Waals surface area (Å²) in [6, 6.07) is 11.7. The third kappa shape index (κ3) is 4.37. The first-order valence-electron chi connectivity index (χ1n) is 6.90. The first-order chi connectivity index (χ1) is 10.9. The van der Waals surface area contributed by atoms with Gasteiger partial charge in [-0.15, -0.1) is 0 Å². The van der Waals surface area contributed by atoms with Crippen molar-refractivity contribution >= 4 is 40.5 Å². The van der Waals surface area contributed by atoms with Crippen molar-refractivity contribution in [3.8, 4) is 0 Å². The van der Waals surface area contributed by atoms with E-state index in [4.69, 9.17) is 17.3 Å². The van der Waals surface area contributed by atoms with Crippen molar-refractivity contribution in [1.29, 1.82) is 0 Å². The maximum absolute atomic E-state index is 11.2. The number of Topliss-reactive ketones (excluding diaryl/α,β-unsaturated/α-hetero) is 1. The highest BCUT2D eigenvalue weighted by Gasteiger charge is 2.08. The van der Waals surface area contributed by atoms with E-state index >= 15 is 0 Å². The van der Waals surface area contributed by atoms with Gasteiger partial charge < -0.3 is 15.7 Å². The molecule has 2 aromatic carbocycles. The number of thiocarbonyl (C=S) groups is 1. The van der Waals surface area contributed by atoms with Gasteiger partial charge in [0.15, 0.2) is 10.9 Å². The van der Waals surface area contributed by atoms with Gasteiger partial charge in [0.05, 0.1) is 5.56 Å². The van der Waals surface area contributed by atoms with Crippen molar-refractivity contribution in [2.45, 2.75) is 13.8 Å². The zero-order valence-corrected chi connectivity index (χ0v) is 13.5. The van der Waals surface area contributed by atoms with E-state index in [1.807, 2.05) is 6.92 Å². The van der Waals surface area contributed by atoms with E-state index in [2.05, 4.69) is 10.6 Å². The van der Waals surface area contributed by atoms with Crippen LogP contribution in [0.5, 0.6) is 0 Å². The summed E-state index contributed by atoms with van der Waals surface area (Å²) in [5.41, 5.74) is 3.06. The molecule has 0 aliphatic carbocycles. The largest absolute Gasteiger partial charge is 0.478 e. The Morgan fingerprint density at radius 2 is 1.61 bits per heavy atom. The number of nitrogens with one attached hydrogen (secondary N) is 2. The number of carbonyl (C=O) groups excluding carboxylic acids is 1. The molecule has 0 saturated heterocycles. The van der Waals surface area contributed by atoms with Gasteiger partial charge in [-0.1, -0.05) is 6.07 Å². The minimum Gasteiger partial charge on any atom is -0.478 e. The summed E-state index contributed by atoms with van der Waals surface area (Å²) in [6.07, 6.45) is 0. The average molecular weight is 328 g/mol. The molecule has 0 bridgehead atoms. The number of hydrogen-bond donors (Lipinski definition) is 3. The number of carbonyl (C=O) groups is 2. The van der Waals surface area contributed by atoms with Crippen LogP contribution in [0.1, 0.15) is 33.2 Å². The van der Waals surface area contributed by atoms with Gasteiger partial charge in [-0.3, -0.25) is 4.79 Å². The molecular weight excluding hydrogens is 312 g/mol. The van der Waals surface area contributed by atoms with Crippen LogP contribution in [0.3, 0.4) is 0 Å². The number of carboxylic acid groups (broad SMARTS) is 1. The predicted molar refractivity (Wildman–Crippen MR) is 94.4 cm³/mol. The van der Waals surface area contributed by atoms with Gasteiger partial charge in [0.25, 0.3) is 0 Å². The highest BCUT2D eigenvalue weighted by Crippen LogP contribution is 2.18. The zero-order chi connectivity index (χ0) is 17.0. The second kappa shape index (κ2) is 7.02. The van der Waals surface area contributed by atoms with Gasteiger partial charge in [0, 0.05) is 16.9 Å². The Bertz CT molecular complexity index is 770. The van der Waals surface area contributed by atoms with Crippen LogP contribution in [0, 0.1) is 6.92 Å². The molecule has 118 valence electrons. The first-order valence-corrected chi connectivity index (χ1v) is 7.30. The molecule has 0 heterocycles. The number of benzene rings is 2. The molecule has 0 unspecified atom stereocenters. The normalized spacial score (nSPS) is 10.0. The van der Waals surface area contributed by atoms with E-state index in [0.717, 1.165) is 11.3 Å². The van der Waals surface area contributed by atoms with E-state index in [1.54, 1.807) is 36.4 Å². The summed E-state index contributed by atoms with van der Waals surface area (Å²) >= 11 is 5.23. The molecule has 3 N–H and O–H groups in total. The monoisotopic (exact) mass is 328 g/mol. The number of hydrogen-bond acceptors (Lipinski definition) is 3. The Labute approximate surface area is 139 Å². The fourth-order valence-corrected chi connectivity index (χ4v) is 2.19. The Morgan fingerprint density at radius 3 is 2.17 bits per heavy atom. The maximum atomic E-state index is 11.2. The fourth-order valence-electron chi connectivity index (χ4n) is 1.96. The van der Waals surface area contributed by atoms with E-state index < -0.39 is 5.97 Å². The molecule has 2 aromatic rings. The standard InChI is InChI=1S/C17H16N2O3S/c1-10-3-4-13(16(21)22)9-15(10)19-17(23)18-14-7-5-12(6-8-14)11(2)20/h3-9H,1-2H3,(H,21,22)(H2,18,19,23). The SMILES string of the molecule is CC(=O)c1ccc(NC(=S)Nc2cc(C(=O)O)ccc2C)cc1. The van der Waals surface area contributed by atoms with Crippen molar-refractivity contribution in [2.24, 2.45) is 0 Å². The molecule has 5 nitrogen and oxygen atoms in total. The second-order valence-electron chi connectivity index (χ2n) is 5.05. The molecular formula is C17H16N2O3S. The fraction of sp³-hybridized carbons (Fsp3) is 0.118. The number of aryl methyl sites for hydroxylation is 1. The summed E-state index contributed by atoms with van der Waals surface area (Å²) in [6.45, 7) is 3.37. The molecule has 2 rings (SSSR count). The zero-order valence-electron chi connectivity index (χ0n) is 12.7. The minimum atomic E-state index is -0.994. The Kier molecular flexibility index (Phi) is 5.08. The van der Waals surface area contributed by atoms with Gasteiger partial charge >= 0.3 is 5.97 Å². The van der Waals surface area contributed by atoms with Gasteiger partial charge in [-0.25, -0.2) is 4.79 Å². The van der Waals surface area contributed by atoms with Crippen LogP contribution in [-0.4, -0.2) is 22.0 Å². The highest BCUT2D eigenvalue weighted by atomic mass is 32.1. The molecule has 0 atom stereocenters. The lowest BCUT2D eigenvalue weighted by Crippen LogP contribution is -2.20. The molecule has 6 heteroatoms. The second-order valence-corrected chi connectivity index (χ2v) is 5.46. The lowest BCUT2D eigenvalue weighted by molar-refractivity contribution is 0.0696. The Hall–Kier alpha value is -2.73. The number of aromatic carboxylic acids is 1. The number of ketones is 1. The third-order valence-electron chi connectivity index (χ3n) is 3.28. The van der Waals surface area contributed by atoms with Crippen molar-refractivity contribution in [1.82, 2.24) is 0 Å². The lowest BCUT2D eigenvalue weighted by Gasteiger charge is -2.13. The molecule has 0 spiro atoms. The molecule has 0 amide bonds. The molecule has 0 radical (unpaired) electrons. The smallest absolute Gasteiger partial charge is 0.335 e. The van der Waals surface area contributed by atoms with Crippen LogP contribution in [0.4, 0.5) is 11.4 Å². The maximum Gasteiger partial charge on any atom is 0.335 e. The quantitative estimate of drug-likeness (QED) is 0.587. The van der Waals surface area contributed by atoms with Gasteiger partial charge in [-0.05, 0) is 68.0 Å². The number of carboxylic acids is 1. The molecule has 0 aliphatic rings. The summed E-state index contributed by atoms with van der Waals surface area (Å²) in [5.74, 6) is -0.995. The van der Waals surface area contributed by atoms with Crippen LogP contribution in [0.25, 0.3) is 0 Å². The number of rotatable bonds is 4. The topological polar surface area (TPSA) is 78.4 Å². The third-order valence-corrected chi connectivity index (χ3v) is 3.49. The summed E-state index contributed by atoms with van der Waals surface area (Å²) in [4.78, 5) is 22.3. The van der Waals surface area contributed by atoms with Crippen molar-refractivity contribution in [3.05, 3.63) is 59.2 Å². The van der Waals surface area contributed by atoms with Crippen LogP contribution in [0.15, 0.2) is 42.5 Å². The molecule has 0 aliphatic heterocycles. The van der Waals surface area contributed by atoms with Gasteiger partial charge in [0.1, 0.15) is 0 Å². The first kappa shape index (κ1) is 16.6. The van der Waals surface area contributed by atoms with Gasteiger partial charge in [-0.2, -0.15) is 0 Å². The minimum absolute atomic E-state index is 0.00152. The average Bonchev–Trinajstić information content (AvgIpc) is 2.49. The van der Waals surface area contributed by atoms with Crippen LogP contribution >= 0.6 is 12.2 Å². The van der Waals surface area contributed by atoms with Crippen molar-refractivity contribution in [3.63, 3.8) is 0 Å². The Morgan fingerprint density at radius 1 is 1.00 bits per heavy atom. The van der Waals surface area contributed by atoms with Crippen LogP contribution in [0.2, 0.25) is 0 Å². The van der Waals surface area contributed by atoms with Crippen LogP contribution in [-0.2, 0) is 0 Å². The molecule has 23 heavy (non-hydrogen) atoms. The van der Waals surface area contributed by atoms with Gasteiger partial charge in [0.2, 0.25) is 0 Å². The molecule has 0 saturated carbocycles. The van der Waals surface area contributed by atoms with Crippen LogP contribution < -0.4 is 10.6 Å². The van der Waals surface area contributed by atoms with Crippen molar-refractivity contribution in [2.75, 3.05) is 10.6 Å². The number of anilines is 2.